The molecule has 0 aromatic rings. The summed E-state index contributed by atoms with van der Waals surface area (Å²) < 4.78 is 26.1. The van der Waals surface area contributed by atoms with Crippen molar-refractivity contribution in [1.82, 2.24) is 10.2 Å². The van der Waals surface area contributed by atoms with E-state index in [4.69, 9.17) is 5.73 Å². The summed E-state index contributed by atoms with van der Waals surface area (Å²) in [4.78, 5) is 13.5. The third-order valence-corrected chi connectivity index (χ3v) is 4.06. The van der Waals surface area contributed by atoms with Gasteiger partial charge in [0.05, 0.1) is 0 Å². The first-order chi connectivity index (χ1) is 8.37. The second-order valence-electron chi connectivity index (χ2n) is 5.58. The fraction of sp³-hybridized carbons (Fsp3) is 0.917. The van der Waals surface area contributed by atoms with Gasteiger partial charge in [-0.25, -0.2) is 13.6 Å². The highest BCUT2D eigenvalue weighted by molar-refractivity contribution is 5.74. The molecule has 0 bridgehead atoms. The van der Waals surface area contributed by atoms with Crippen LogP contribution in [0.2, 0.25) is 0 Å². The van der Waals surface area contributed by atoms with E-state index in [-0.39, 0.29) is 37.0 Å². The number of urea groups is 1. The predicted octanol–water partition coefficient (Wildman–Crippen LogP) is 1.70. The zero-order chi connectivity index (χ0) is 13.3. The number of rotatable bonds is 2. The van der Waals surface area contributed by atoms with E-state index in [2.05, 4.69) is 5.32 Å². The van der Waals surface area contributed by atoms with Gasteiger partial charge in [0.25, 0.3) is 0 Å². The maximum absolute atomic E-state index is 13.0. The number of nitrogens with one attached hydrogen (secondary N) is 1. The summed E-state index contributed by atoms with van der Waals surface area (Å²) in [7, 11) is 1.68. The summed E-state index contributed by atoms with van der Waals surface area (Å²) in [6, 6.07) is 0.106. The highest BCUT2D eigenvalue weighted by Crippen LogP contribution is 2.34. The molecule has 0 saturated heterocycles. The molecule has 0 radical (unpaired) electrons. The highest BCUT2D eigenvalue weighted by Gasteiger charge is 2.37. The number of carbonyl (C=O) groups is 1. The van der Waals surface area contributed by atoms with Gasteiger partial charge in [0.2, 0.25) is 5.92 Å². The van der Waals surface area contributed by atoms with E-state index in [0.29, 0.717) is 12.8 Å². The Kier molecular flexibility index (Phi) is 3.75. The predicted molar refractivity (Wildman–Crippen MR) is 64.5 cm³/mol. The third-order valence-electron chi connectivity index (χ3n) is 4.06. The highest BCUT2D eigenvalue weighted by atomic mass is 19.3. The van der Waals surface area contributed by atoms with Crippen LogP contribution in [0.4, 0.5) is 13.6 Å². The van der Waals surface area contributed by atoms with Crippen LogP contribution in [0.3, 0.4) is 0 Å². The molecular weight excluding hydrogens is 240 g/mol. The Labute approximate surface area is 106 Å². The number of alkyl halides is 2. The Hall–Kier alpha value is -0.910. The van der Waals surface area contributed by atoms with Crippen LogP contribution >= 0.6 is 0 Å². The number of hydrogen-bond acceptors (Lipinski definition) is 2. The van der Waals surface area contributed by atoms with Gasteiger partial charge < -0.3 is 16.0 Å². The molecule has 0 aromatic carbocycles. The summed E-state index contributed by atoms with van der Waals surface area (Å²) >= 11 is 0. The molecule has 3 N–H and O–H groups in total. The van der Waals surface area contributed by atoms with E-state index < -0.39 is 5.92 Å². The average molecular weight is 261 g/mol. The molecule has 2 fully saturated rings. The van der Waals surface area contributed by atoms with E-state index in [9.17, 15) is 13.6 Å². The van der Waals surface area contributed by atoms with Gasteiger partial charge in [-0.05, 0) is 25.7 Å². The normalized spacial score (nSPS) is 31.6. The lowest BCUT2D eigenvalue weighted by atomic mass is 9.87. The molecule has 104 valence electrons. The van der Waals surface area contributed by atoms with E-state index in [1.54, 1.807) is 11.9 Å². The van der Waals surface area contributed by atoms with Gasteiger partial charge in [0, 0.05) is 38.0 Å². The summed E-state index contributed by atoms with van der Waals surface area (Å²) in [5.74, 6) is -2.55. The van der Waals surface area contributed by atoms with E-state index in [1.807, 2.05) is 0 Å². The Morgan fingerprint density at radius 2 is 1.89 bits per heavy atom. The van der Waals surface area contributed by atoms with Crippen molar-refractivity contribution in [3.05, 3.63) is 0 Å². The number of amides is 2. The first-order valence-corrected chi connectivity index (χ1v) is 6.54. The molecule has 18 heavy (non-hydrogen) atoms. The van der Waals surface area contributed by atoms with Crippen molar-refractivity contribution in [3.63, 3.8) is 0 Å². The largest absolute Gasteiger partial charge is 0.335 e. The minimum Gasteiger partial charge on any atom is -0.335 e. The minimum atomic E-state index is -2.55. The van der Waals surface area contributed by atoms with E-state index >= 15 is 0 Å². The van der Waals surface area contributed by atoms with Gasteiger partial charge in [-0.2, -0.15) is 0 Å². The minimum absolute atomic E-state index is 0.0709. The smallest absolute Gasteiger partial charge is 0.317 e. The molecule has 0 spiro atoms. The van der Waals surface area contributed by atoms with Crippen LogP contribution in [0.1, 0.15) is 38.5 Å². The van der Waals surface area contributed by atoms with Gasteiger partial charge in [-0.1, -0.05) is 0 Å². The quantitative estimate of drug-likeness (QED) is 0.794. The molecular formula is C12H21F2N3O. The van der Waals surface area contributed by atoms with Crippen LogP contribution < -0.4 is 11.1 Å². The molecule has 0 unspecified atom stereocenters. The zero-order valence-corrected chi connectivity index (χ0v) is 10.7. The molecule has 0 aromatic heterocycles. The van der Waals surface area contributed by atoms with Crippen LogP contribution in [0.5, 0.6) is 0 Å². The topological polar surface area (TPSA) is 58.4 Å². The monoisotopic (exact) mass is 261 g/mol. The first kappa shape index (κ1) is 13.5. The standard InChI is InChI=1S/C12H21F2N3O/c1-17(10-2-4-12(13,14)5-3-10)11(18)16-9-6-8(15)7-9/h8-10H,2-7,15H2,1H3,(H,16,18). The van der Waals surface area contributed by atoms with Gasteiger partial charge in [0.15, 0.2) is 0 Å². The van der Waals surface area contributed by atoms with Gasteiger partial charge >= 0.3 is 6.03 Å². The maximum Gasteiger partial charge on any atom is 0.317 e. The molecule has 2 aliphatic rings. The number of hydrogen-bond donors (Lipinski definition) is 2. The van der Waals surface area contributed by atoms with Crippen LogP contribution in [-0.2, 0) is 0 Å². The SMILES string of the molecule is CN(C(=O)NC1CC(N)C1)C1CCC(F)(F)CC1. The van der Waals surface area contributed by atoms with Crippen molar-refractivity contribution in [1.29, 1.82) is 0 Å². The lowest BCUT2D eigenvalue weighted by molar-refractivity contribution is -0.0479. The zero-order valence-electron chi connectivity index (χ0n) is 10.7. The number of nitrogens with zero attached hydrogens (tertiary/aromatic N) is 1. The Morgan fingerprint density at radius 3 is 2.39 bits per heavy atom. The van der Waals surface area contributed by atoms with E-state index in [0.717, 1.165) is 12.8 Å². The van der Waals surface area contributed by atoms with Crippen LogP contribution in [0.15, 0.2) is 0 Å². The second kappa shape index (κ2) is 4.99. The van der Waals surface area contributed by atoms with E-state index in [1.165, 1.54) is 0 Å². The number of carbonyl (C=O) groups excluding carboxylic acids is 1. The van der Waals surface area contributed by atoms with Crippen molar-refractivity contribution < 1.29 is 13.6 Å². The first-order valence-electron chi connectivity index (χ1n) is 6.54. The van der Waals surface area contributed by atoms with Crippen LogP contribution in [-0.4, -0.2) is 42.0 Å². The lowest BCUT2D eigenvalue weighted by Crippen LogP contribution is -2.55. The average Bonchev–Trinajstić information content (AvgIpc) is 2.26. The van der Waals surface area contributed by atoms with Gasteiger partial charge in [0.1, 0.15) is 0 Å². The number of halogens is 2. The Balaban J connectivity index is 1.77. The van der Waals surface area contributed by atoms with Crippen molar-refractivity contribution in [2.75, 3.05) is 7.05 Å². The molecule has 2 amide bonds. The summed E-state index contributed by atoms with van der Waals surface area (Å²) in [6.45, 7) is 0. The van der Waals surface area contributed by atoms with Gasteiger partial charge in [-0.15, -0.1) is 0 Å². The molecule has 2 rings (SSSR count). The van der Waals surface area contributed by atoms with Crippen LogP contribution in [0, 0.1) is 0 Å². The molecule has 6 heteroatoms. The lowest BCUT2D eigenvalue weighted by Gasteiger charge is -2.38. The Morgan fingerprint density at radius 1 is 1.33 bits per heavy atom. The fourth-order valence-corrected chi connectivity index (χ4v) is 2.63. The molecule has 0 heterocycles. The third kappa shape index (κ3) is 3.10. The van der Waals surface area contributed by atoms with Crippen LogP contribution in [0.25, 0.3) is 0 Å². The Bertz CT molecular complexity index is 308. The molecule has 2 saturated carbocycles. The fourth-order valence-electron chi connectivity index (χ4n) is 2.63. The van der Waals surface area contributed by atoms with Crippen molar-refractivity contribution in [2.45, 2.75) is 62.6 Å². The molecule has 4 nitrogen and oxygen atoms in total. The summed E-state index contributed by atoms with van der Waals surface area (Å²) in [5.41, 5.74) is 5.65. The van der Waals surface area contributed by atoms with Gasteiger partial charge in [-0.3, -0.25) is 0 Å². The second-order valence-corrected chi connectivity index (χ2v) is 5.58. The maximum atomic E-state index is 13.0. The number of nitrogens with two attached hydrogens (primary N) is 1. The molecule has 0 atom stereocenters. The summed E-state index contributed by atoms with van der Waals surface area (Å²) in [6.07, 6.45) is 2.13. The van der Waals surface area contributed by atoms with Crippen molar-refractivity contribution in [3.8, 4) is 0 Å². The molecule has 2 aliphatic carbocycles. The summed E-state index contributed by atoms with van der Waals surface area (Å²) in [5, 5.41) is 2.88. The molecule has 0 aliphatic heterocycles. The van der Waals surface area contributed by atoms with Crippen molar-refractivity contribution in [2.24, 2.45) is 5.73 Å². The van der Waals surface area contributed by atoms with Crippen molar-refractivity contribution >= 4 is 6.03 Å².